The maximum Gasteiger partial charge on any atom is 0.0548 e. The fraction of sp³-hybridized carbons (Fsp3) is 0. The first-order chi connectivity index (χ1) is 23.3. The first-order valence-electron chi connectivity index (χ1n) is 16.0. The maximum absolute atomic E-state index is 2.45. The van der Waals surface area contributed by atoms with Crippen LogP contribution in [0.3, 0.4) is 0 Å². The van der Waals surface area contributed by atoms with E-state index < -0.39 is 0 Å². The second-order valence-electron chi connectivity index (χ2n) is 12.2. The van der Waals surface area contributed by atoms with Gasteiger partial charge in [-0.3, -0.25) is 0 Å². The molecule has 0 atom stereocenters. The van der Waals surface area contributed by atoms with Crippen molar-refractivity contribution < 1.29 is 0 Å². The smallest absolute Gasteiger partial charge is 0.0548 e. The van der Waals surface area contributed by atoms with Gasteiger partial charge in [-0.15, -0.1) is 11.3 Å². The lowest BCUT2D eigenvalue weighted by Gasteiger charge is -2.26. The standard InChI is InChI=1S/C44H28N2S/c1-2-14-33(15-3-1)45(34-20-18-29-10-4-6-12-31(29)26-34)36-22-23-39-38(28-36)43-40(24-25-42-44(43)37-16-8-9-17-41(37)47-42)46(39)35-21-19-30-11-5-7-13-32(30)27-35/h1-28H. The first kappa shape index (κ1) is 26.3. The van der Waals surface area contributed by atoms with Gasteiger partial charge in [-0.25, -0.2) is 0 Å². The largest absolute Gasteiger partial charge is 0.310 e. The summed E-state index contributed by atoms with van der Waals surface area (Å²) < 4.78 is 5.09. The molecule has 47 heavy (non-hydrogen) atoms. The third-order valence-corrected chi connectivity index (χ3v) is 10.6. The molecule has 2 nitrogen and oxygen atoms in total. The molecule has 2 heterocycles. The van der Waals surface area contributed by atoms with Gasteiger partial charge in [-0.2, -0.15) is 0 Å². The Morgan fingerprint density at radius 3 is 1.85 bits per heavy atom. The van der Waals surface area contributed by atoms with E-state index in [4.69, 9.17) is 0 Å². The Hall–Kier alpha value is -5.90. The molecule has 220 valence electrons. The highest BCUT2D eigenvalue weighted by Crippen LogP contribution is 2.45. The Labute approximate surface area is 276 Å². The predicted molar refractivity (Wildman–Crippen MR) is 203 cm³/mol. The minimum Gasteiger partial charge on any atom is -0.310 e. The molecule has 0 aliphatic rings. The lowest BCUT2D eigenvalue weighted by molar-refractivity contribution is 1.19. The zero-order valence-corrected chi connectivity index (χ0v) is 26.3. The number of aromatic nitrogens is 1. The van der Waals surface area contributed by atoms with E-state index in [2.05, 4.69) is 179 Å². The number of rotatable bonds is 4. The van der Waals surface area contributed by atoms with Gasteiger partial charge in [-0.1, -0.05) is 97.1 Å². The van der Waals surface area contributed by atoms with Gasteiger partial charge in [0.15, 0.2) is 0 Å². The van der Waals surface area contributed by atoms with Crippen molar-refractivity contribution in [2.75, 3.05) is 4.90 Å². The van der Waals surface area contributed by atoms with E-state index in [1.807, 2.05) is 11.3 Å². The number of nitrogens with zero attached hydrogens (tertiary/aromatic N) is 2. The summed E-state index contributed by atoms with van der Waals surface area (Å²) in [5, 5.41) is 10.2. The average Bonchev–Trinajstić information content (AvgIpc) is 3.67. The highest BCUT2D eigenvalue weighted by Gasteiger charge is 2.21. The second kappa shape index (κ2) is 10.3. The average molecular weight is 617 g/mol. The highest BCUT2D eigenvalue weighted by molar-refractivity contribution is 7.26. The third kappa shape index (κ3) is 4.10. The molecule has 3 heteroatoms. The van der Waals surface area contributed by atoms with E-state index >= 15 is 0 Å². The third-order valence-electron chi connectivity index (χ3n) is 9.51. The van der Waals surface area contributed by atoms with Crippen molar-refractivity contribution in [2.24, 2.45) is 0 Å². The Morgan fingerprint density at radius 2 is 1.02 bits per heavy atom. The highest BCUT2D eigenvalue weighted by atomic mass is 32.1. The molecular formula is C44H28N2S. The number of benzene rings is 8. The van der Waals surface area contributed by atoms with Gasteiger partial charge < -0.3 is 9.47 Å². The Morgan fingerprint density at radius 1 is 0.383 bits per heavy atom. The monoisotopic (exact) mass is 616 g/mol. The van der Waals surface area contributed by atoms with Crippen LogP contribution in [-0.2, 0) is 0 Å². The molecule has 10 aromatic rings. The summed E-state index contributed by atoms with van der Waals surface area (Å²) in [5.74, 6) is 0. The zero-order chi connectivity index (χ0) is 30.9. The molecule has 0 radical (unpaired) electrons. The topological polar surface area (TPSA) is 8.17 Å². The van der Waals surface area contributed by atoms with Crippen molar-refractivity contribution in [1.82, 2.24) is 4.57 Å². The summed E-state index contributed by atoms with van der Waals surface area (Å²) in [6.45, 7) is 0. The van der Waals surface area contributed by atoms with Crippen LogP contribution in [0.15, 0.2) is 170 Å². The lowest BCUT2D eigenvalue weighted by Crippen LogP contribution is -2.09. The Bertz CT molecular complexity index is 2810. The quantitative estimate of drug-likeness (QED) is 0.191. The predicted octanol–water partition coefficient (Wildman–Crippen LogP) is 12.9. The molecule has 0 aliphatic heterocycles. The van der Waals surface area contributed by atoms with Crippen LogP contribution < -0.4 is 4.90 Å². The summed E-state index contributed by atoms with van der Waals surface area (Å²) in [7, 11) is 0. The minimum absolute atomic E-state index is 1.13. The van der Waals surface area contributed by atoms with Crippen LogP contribution in [0.25, 0.3) is 69.2 Å². The Kier molecular flexibility index (Phi) is 5.78. The molecule has 10 rings (SSSR count). The van der Waals surface area contributed by atoms with Crippen LogP contribution in [0.2, 0.25) is 0 Å². The summed E-state index contributed by atoms with van der Waals surface area (Å²) in [6.07, 6.45) is 0. The molecule has 0 spiro atoms. The van der Waals surface area contributed by atoms with Gasteiger partial charge in [0, 0.05) is 53.7 Å². The second-order valence-corrected chi connectivity index (χ2v) is 13.3. The normalized spacial score (nSPS) is 11.8. The van der Waals surface area contributed by atoms with Gasteiger partial charge in [0.05, 0.1) is 11.0 Å². The molecular weight excluding hydrogens is 589 g/mol. The molecule has 0 fully saturated rings. The number of hydrogen-bond acceptors (Lipinski definition) is 2. The SMILES string of the molecule is c1ccc(N(c2ccc3ccccc3c2)c2ccc3c(c2)c2c4c(ccc2n3-c2ccc3ccccc3c2)sc2ccccc24)cc1. The lowest BCUT2D eigenvalue weighted by atomic mass is 10.0. The fourth-order valence-electron chi connectivity index (χ4n) is 7.39. The van der Waals surface area contributed by atoms with Crippen molar-refractivity contribution in [3.63, 3.8) is 0 Å². The summed E-state index contributed by atoms with van der Waals surface area (Å²) in [4.78, 5) is 2.39. The van der Waals surface area contributed by atoms with Crippen LogP contribution in [0, 0.1) is 0 Å². The van der Waals surface area contributed by atoms with Gasteiger partial charge in [0.25, 0.3) is 0 Å². The van der Waals surface area contributed by atoms with Crippen molar-refractivity contribution in [3.8, 4) is 5.69 Å². The molecule has 0 bridgehead atoms. The van der Waals surface area contributed by atoms with Crippen LogP contribution in [0.5, 0.6) is 0 Å². The van der Waals surface area contributed by atoms with Crippen LogP contribution in [-0.4, -0.2) is 4.57 Å². The summed E-state index contributed by atoms with van der Waals surface area (Å²) >= 11 is 1.88. The maximum atomic E-state index is 2.45. The van der Waals surface area contributed by atoms with Gasteiger partial charge >= 0.3 is 0 Å². The van der Waals surface area contributed by atoms with Crippen molar-refractivity contribution in [2.45, 2.75) is 0 Å². The van der Waals surface area contributed by atoms with E-state index in [0.29, 0.717) is 0 Å². The van der Waals surface area contributed by atoms with Gasteiger partial charge in [0.1, 0.15) is 0 Å². The number of hydrogen-bond donors (Lipinski definition) is 0. The molecule has 8 aromatic carbocycles. The molecule has 0 amide bonds. The number of anilines is 3. The van der Waals surface area contributed by atoms with Gasteiger partial charge in [0.2, 0.25) is 0 Å². The van der Waals surface area contributed by atoms with E-state index in [9.17, 15) is 0 Å². The Balaban J connectivity index is 1.30. The first-order valence-corrected chi connectivity index (χ1v) is 16.8. The van der Waals surface area contributed by atoms with Crippen LogP contribution in [0.1, 0.15) is 0 Å². The molecule has 0 saturated carbocycles. The number of thiophene rings is 1. The van der Waals surface area contributed by atoms with E-state index in [-0.39, 0.29) is 0 Å². The molecule has 0 aliphatic carbocycles. The van der Waals surface area contributed by atoms with E-state index in [0.717, 1.165) is 17.1 Å². The zero-order valence-electron chi connectivity index (χ0n) is 25.5. The fourth-order valence-corrected chi connectivity index (χ4v) is 8.50. The molecule has 0 N–H and O–H groups in total. The van der Waals surface area contributed by atoms with Crippen LogP contribution in [0.4, 0.5) is 17.1 Å². The van der Waals surface area contributed by atoms with Gasteiger partial charge in [-0.05, 0) is 94.3 Å². The van der Waals surface area contributed by atoms with Crippen LogP contribution >= 0.6 is 11.3 Å². The van der Waals surface area contributed by atoms with E-state index in [1.54, 1.807) is 0 Å². The number of fused-ring (bicyclic) bond motifs is 9. The summed E-state index contributed by atoms with van der Waals surface area (Å²) in [6, 6.07) is 62.0. The molecule has 0 saturated heterocycles. The molecule has 0 unspecified atom stereocenters. The van der Waals surface area contributed by atoms with Crippen molar-refractivity contribution in [3.05, 3.63) is 170 Å². The molecule has 2 aromatic heterocycles. The minimum atomic E-state index is 1.13. The van der Waals surface area contributed by atoms with Crippen molar-refractivity contribution in [1.29, 1.82) is 0 Å². The van der Waals surface area contributed by atoms with E-state index in [1.165, 1.54) is 69.2 Å². The number of para-hydroxylation sites is 1. The summed E-state index contributed by atoms with van der Waals surface area (Å²) in [5.41, 5.74) is 7.00. The van der Waals surface area contributed by atoms with Crippen molar-refractivity contribution >= 4 is 91.9 Å².